The molecule has 0 unspecified atom stereocenters. The highest BCUT2D eigenvalue weighted by Crippen LogP contribution is 2.23. The molecule has 0 radical (unpaired) electrons. The van der Waals surface area contributed by atoms with E-state index in [9.17, 15) is 9.59 Å². The Balaban J connectivity index is 1.86. The van der Waals surface area contributed by atoms with Crippen LogP contribution < -0.4 is 5.32 Å². The maximum Gasteiger partial charge on any atom is 0.338 e. The summed E-state index contributed by atoms with van der Waals surface area (Å²) in [5.74, 6) is -0.957. The molecule has 1 amide bonds. The molecule has 2 N–H and O–H groups in total. The average Bonchev–Trinajstić information content (AvgIpc) is 2.94. The number of hydrogen-bond donors (Lipinski definition) is 2. The lowest BCUT2D eigenvalue weighted by atomic mass is 9.92. The fraction of sp³-hybridized carbons (Fsp3) is 0.312. The van der Waals surface area contributed by atoms with Crippen LogP contribution >= 0.6 is 0 Å². The number of ether oxygens (including phenoxy) is 1. The molecule has 0 bridgehead atoms. The van der Waals surface area contributed by atoms with Gasteiger partial charge in [-0.3, -0.25) is 10.1 Å². The van der Waals surface area contributed by atoms with Gasteiger partial charge in [0.05, 0.1) is 11.3 Å². The van der Waals surface area contributed by atoms with Crippen molar-refractivity contribution in [3.63, 3.8) is 0 Å². The average molecular weight is 318 g/mol. The lowest BCUT2D eigenvalue weighted by Crippen LogP contribution is -2.20. The number of rotatable bonds is 4. The van der Waals surface area contributed by atoms with E-state index in [0.717, 1.165) is 0 Å². The second-order valence-corrected chi connectivity index (χ2v) is 6.00. The van der Waals surface area contributed by atoms with E-state index >= 15 is 0 Å². The van der Waals surface area contributed by atoms with Gasteiger partial charge in [0.2, 0.25) is 5.88 Å². The number of amides is 1. The predicted octanol–water partition coefficient (Wildman–Crippen LogP) is 2.47. The number of nitrogens with one attached hydrogen (secondary N) is 1. The third-order valence-corrected chi connectivity index (χ3v) is 2.98. The molecule has 0 aliphatic carbocycles. The molecule has 1 heterocycles. The number of carbonyl (C=O) groups is 2. The van der Waals surface area contributed by atoms with Crippen LogP contribution in [0.1, 0.15) is 36.8 Å². The molecular formula is C16H18N2O5. The van der Waals surface area contributed by atoms with Crippen LogP contribution in [-0.4, -0.2) is 28.7 Å². The van der Waals surface area contributed by atoms with Crippen LogP contribution in [0.5, 0.6) is 5.75 Å². The molecule has 0 aliphatic heterocycles. The molecule has 1 aromatic carbocycles. The number of aromatic nitrogens is 1. The first-order valence-electron chi connectivity index (χ1n) is 6.99. The van der Waals surface area contributed by atoms with E-state index in [1.165, 1.54) is 24.3 Å². The summed E-state index contributed by atoms with van der Waals surface area (Å²) >= 11 is 0. The van der Waals surface area contributed by atoms with E-state index in [4.69, 9.17) is 14.4 Å². The topological polar surface area (TPSA) is 102 Å². The van der Waals surface area contributed by atoms with Crippen molar-refractivity contribution >= 4 is 17.8 Å². The zero-order chi connectivity index (χ0) is 17.0. The van der Waals surface area contributed by atoms with Gasteiger partial charge < -0.3 is 14.4 Å². The minimum atomic E-state index is -0.659. The van der Waals surface area contributed by atoms with Crippen molar-refractivity contribution in [2.24, 2.45) is 0 Å². The van der Waals surface area contributed by atoms with Gasteiger partial charge in [-0.25, -0.2) is 4.79 Å². The molecule has 0 atom stereocenters. The van der Waals surface area contributed by atoms with E-state index < -0.39 is 18.5 Å². The number of phenolic OH excluding ortho intramolecular Hbond substituents is 1. The molecule has 7 nitrogen and oxygen atoms in total. The monoisotopic (exact) mass is 318 g/mol. The fourth-order valence-corrected chi connectivity index (χ4v) is 1.67. The maximum atomic E-state index is 11.7. The Kier molecular flexibility index (Phi) is 4.68. The number of anilines is 1. The molecule has 0 aliphatic rings. The summed E-state index contributed by atoms with van der Waals surface area (Å²) in [6.45, 7) is 5.45. The number of aromatic hydroxyl groups is 1. The molecule has 2 aromatic rings. The van der Waals surface area contributed by atoms with Gasteiger partial charge in [0.1, 0.15) is 5.75 Å². The van der Waals surface area contributed by atoms with Crippen LogP contribution in [-0.2, 0) is 14.9 Å². The number of benzene rings is 1. The number of hydrogen-bond acceptors (Lipinski definition) is 6. The van der Waals surface area contributed by atoms with Crippen LogP contribution in [0.25, 0.3) is 0 Å². The van der Waals surface area contributed by atoms with Gasteiger partial charge in [0.15, 0.2) is 6.61 Å². The highest BCUT2D eigenvalue weighted by molar-refractivity contribution is 5.94. The van der Waals surface area contributed by atoms with Gasteiger partial charge in [-0.15, -0.1) is 0 Å². The van der Waals surface area contributed by atoms with Crippen molar-refractivity contribution in [3.05, 3.63) is 41.6 Å². The molecule has 122 valence electrons. The Morgan fingerprint density at radius 1 is 1.26 bits per heavy atom. The molecule has 23 heavy (non-hydrogen) atoms. The molecule has 0 fully saturated rings. The van der Waals surface area contributed by atoms with Crippen LogP contribution in [0.3, 0.4) is 0 Å². The molecule has 0 saturated heterocycles. The lowest BCUT2D eigenvalue weighted by Gasteiger charge is -2.12. The number of carbonyl (C=O) groups excluding carboxylic acids is 2. The van der Waals surface area contributed by atoms with Crippen molar-refractivity contribution in [3.8, 4) is 5.75 Å². The first-order chi connectivity index (χ1) is 10.8. The minimum absolute atomic E-state index is 0.0410. The normalized spacial score (nSPS) is 11.1. The van der Waals surface area contributed by atoms with Gasteiger partial charge in [0.25, 0.3) is 5.91 Å². The molecular weight excluding hydrogens is 300 g/mol. The number of nitrogens with zero attached hydrogens (tertiary/aromatic N) is 1. The Labute approximate surface area is 133 Å². The second kappa shape index (κ2) is 6.51. The summed E-state index contributed by atoms with van der Waals surface area (Å²) in [6, 6.07) is 7.15. The lowest BCUT2D eigenvalue weighted by molar-refractivity contribution is -0.119. The van der Waals surface area contributed by atoms with Crippen molar-refractivity contribution in [1.29, 1.82) is 0 Å². The van der Waals surface area contributed by atoms with Gasteiger partial charge in [-0.1, -0.05) is 25.9 Å². The summed E-state index contributed by atoms with van der Waals surface area (Å²) in [5.41, 5.74) is 0.747. The first-order valence-corrected chi connectivity index (χ1v) is 6.99. The van der Waals surface area contributed by atoms with Crippen molar-refractivity contribution in [1.82, 2.24) is 5.16 Å². The van der Waals surface area contributed by atoms with Crippen LogP contribution in [0.2, 0.25) is 0 Å². The van der Waals surface area contributed by atoms with Crippen LogP contribution in [0, 0.1) is 0 Å². The zero-order valence-corrected chi connectivity index (χ0v) is 13.1. The standard InChI is InChI=1S/C16H18N2O5/c1-16(2,3)12-8-14(23-18-12)17-13(20)9-22-15(21)10-4-6-11(19)7-5-10/h4-8,19H,9H2,1-3H3,(H,17,20). The minimum Gasteiger partial charge on any atom is -0.508 e. The summed E-state index contributed by atoms with van der Waals surface area (Å²) in [4.78, 5) is 23.5. The zero-order valence-electron chi connectivity index (χ0n) is 13.1. The Morgan fingerprint density at radius 3 is 2.48 bits per heavy atom. The van der Waals surface area contributed by atoms with Crippen LogP contribution in [0.15, 0.2) is 34.9 Å². The van der Waals surface area contributed by atoms with Crippen LogP contribution in [0.4, 0.5) is 5.88 Å². The van der Waals surface area contributed by atoms with Gasteiger partial charge >= 0.3 is 5.97 Å². The Morgan fingerprint density at radius 2 is 1.91 bits per heavy atom. The number of esters is 1. The summed E-state index contributed by atoms with van der Waals surface area (Å²) < 4.78 is 9.90. The third kappa shape index (κ3) is 4.57. The summed E-state index contributed by atoms with van der Waals surface area (Å²) in [7, 11) is 0. The Hall–Kier alpha value is -2.83. The SMILES string of the molecule is CC(C)(C)c1cc(NC(=O)COC(=O)c2ccc(O)cc2)on1. The van der Waals surface area contributed by atoms with E-state index in [-0.39, 0.29) is 22.6 Å². The molecule has 0 spiro atoms. The van der Waals surface area contributed by atoms with Gasteiger partial charge in [-0.05, 0) is 24.3 Å². The summed E-state index contributed by atoms with van der Waals surface area (Å²) in [6.07, 6.45) is 0. The maximum absolute atomic E-state index is 11.7. The van der Waals surface area contributed by atoms with E-state index in [2.05, 4.69) is 10.5 Å². The molecule has 1 aromatic heterocycles. The highest BCUT2D eigenvalue weighted by atomic mass is 16.5. The van der Waals surface area contributed by atoms with Crippen molar-refractivity contribution in [2.45, 2.75) is 26.2 Å². The first kappa shape index (κ1) is 16.5. The van der Waals surface area contributed by atoms with Gasteiger partial charge in [-0.2, -0.15) is 0 Å². The smallest absolute Gasteiger partial charge is 0.338 e. The molecule has 2 rings (SSSR count). The van der Waals surface area contributed by atoms with E-state index in [0.29, 0.717) is 5.69 Å². The second-order valence-electron chi connectivity index (χ2n) is 6.00. The van der Waals surface area contributed by atoms with E-state index in [1.54, 1.807) is 6.07 Å². The highest BCUT2D eigenvalue weighted by Gasteiger charge is 2.20. The van der Waals surface area contributed by atoms with Crippen molar-refractivity contribution < 1.29 is 24.0 Å². The van der Waals surface area contributed by atoms with E-state index in [1.807, 2.05) is 20.8 Å². The van der Waals surface area contributed by atoms with Gasteiger partial charge in [0, 0.05) is 11.5 Å². The summed E-state index contributed by atoms with van der Waals surface area (Å²) in [5, 5.41) is 15.5. The quantitative estimate of drug-likeness (QED) is 0.840. The Bertz CT molecular complexity index is 698. The largest absolute Gasteiger partial charge is 0.508 e. The predicted molar refractivity (Wildman–Crippen MR) is 82.2 cm³/mol. The third-order valence-electron chi connectivity index (χ3n) is 2.98. The fourth-order valence-electron chi connectivity index (χ4n) is 1.67. The van der Waals surface area contributed by atoms with Crippen molar-refractivity contribution in [2.75, 3.05) is 11.9 Å². The molecule has 0 saturated carbocycles. The number of phenols is 1. The molecule has 7 heteroatoms.